The first-order chi connectivity index (χ1) is 11.3. The summed E-state index contributed by atoms with van der Waals surface area (Å²) < 4.78 is 32.0. The number of rotatable bonds is 5. The molecule has 1 heterocycles. The normalized spacial score (nSPS) is 18.8. The summed E-state index contributed by atoms with van der Waals surface area (Å²) in [4.78, 5) is 22.6. The van der Waals surface area contributed by atoms with E-state index in [9.17, 15) is 18.0 Å². The molecule has 3 N–H and O–H groups in total. The van der Waals surface area contributed by atoms with Gasteiger partial charge in [0.15, 0.2) is 0 Å². The summed E-state index contributed by atoms with van der Waals surface area (Å²) in [5.74, 6) is -1.01. The van der Waals surface area contributed by atoms with Crippen LogP contribution in [0.25, 0.3) is 0 Å². The van der Waals surface area contributed by atoms with E-state index < -0.39 is 21.8 Å². The predicted molar refractivity (Wildman–Crippen MR) is 88.0 cm³/mol. The molecule has 0 spiro atoms. The molecule has 1 atom stereocenters. The summed E-state index contributed by atoms with van der Waals surface area (Å²) in [5.41, 5.74) is 5.69. The molecule has 24 heavy (non-hydrogen) atoms. The molecule has 0 saturated carbocycles. The number of nitrogens with two attached hydrogens (primary N) is 1. The van der Waals surface area contributed by atoms with Gasteiger partial charge in [-0.3, -0.25) is 9.59 Å². The first-order valence-electron chi connectivity index (χ1n) is 7.50. The second-order valence-corrected chi connectivity index (χ2v) is 7.59. The van der Waals surface area contributed by atoms with Crippen LogP contribution in [-0.4, -0.2) is 44.7 Å². The standard InChI is InChI=1S/C15H21N3O5S/c1-10(19)17-13-6-5-12(8-14(13)23-2)24(21,22)18-7-3-4-11(9-18)15(16)20/h5-6,8,11H,3-4,7,9H2,1-2H3,(H2,16,20)(H,17,19). The van der Waals surface area contributed by atoms with Crippen molar-refractivity contribution in [1.29, 1.82) is 0 Å². The van der Waals surface area contributed by atoms with Crippen LogP contribution < -0.4 is 15.8 Å². The summed E-state index contributed by atoms with van der Waals surface area (Å²) in [7, 11) is -2.38. The van der Waals surface area contributed by atoms with Gasteiger partial charge in [0.2, 0.25) is 21.8 Å². The van der Waals surface area contributed by atoms with E-state index in [1.54, 1.807) is 0 Å². The molecule has 9 heteroatoms. The molecule has 1 fully saturated rings. The molecule has 2 rings (SSSR count). The third kappa shape index (κ3) is 3.85. The number of amides is 2. The highest BCUT2D eigenvalue weighted by Crippen LogP contribution is 2.30. The summed E-state index contributed by atoms with van der Waals surface area (Å²) >= 11 is 0. The third-order valence-electron chi connectivity index (χ3n) is 3.91. The monoisotopic (exact) mass is 355 g/mol. The zero-order valence-electron chi connectivity index (χ0n) is 13.6. The number of nitrogens with one attached hydrogen (secondary N) is 1. The molecule has 1 aromatic carbocycles. The number of sulfonamides is 1. The Kier molecular flexibility index (Phi) is 5.45. The van der Waals surface area contributed by atoms with Crippen molar-refractivity contribution in [2.45, 2.75) is 24.7 Å². The van der Waals surface area contributed by atoms with Gasteiger partial charge >= 0.3 is 0 Å². The number of ether oxygens (including phenoxy) is 1. The predicted octanol–water partition coefficient (Wildman–Crippen LogP) is 0.540. The zero-order valence-corrected chi connectivity index (χ0v) is 14.4. The van der Waals surface area contributed by atoms with Gasteiger partial charge in [0, 0.05) is 26.1 Å². The average Bonchev–Trinajstić information content (AvgIpc) is 2.54. The lowest BCUT2D eigenvalue weighted by atomic mass is 9.99. The fourth-order valence-electron chi connectivity index (χ4n) is 2.67. The Morgan fingerprint density at radius 2 is 2.08 bits per heavy atom. The number of hydrogen-bond donors (Lipinski definition) is 2. The van der Waals surface area contributed by atoms with Gasteiger partial charge in [0.25, 0.3) is 0 Å². The molecule has 0 bridgehead atoms. The van der Waals surface area contributed by atoms with Gasteiger partial charge in [-0.1, -0.05) is 0 Å². The molecular weight excluding hydrogens is 334 g/mol. The highest BCUT2D eigenvalue weighted by Gasteiger charge is 2.32. The van der Waals surface area contributed by atoms with Crippen LogP contribution in [0.4, 0.5) is 5.69 Å². The Labute approximate surface area is 141 Å². The summed E-state index contributed by atoms with van der Waals surface area (Å²) in [5, 5.41) is 2.57. The van der Waals surface area contributed by atoms with Crippen molar-refractivity contribution < 1.29 is 22.7 Å². The molecule has 0 aromatic heterocycles. The van der Waals surface area contributed by atoms with Gasteiger partial charge in [0.05, 0.1) is 23.6 Å². The molecule has 1 saturated heterocycles. The number of anilines is 1. The van der Waals surface area contributed by atoms with Crippen molar-refractivity contribution >= 4 is 27.5 Å². The van der Waals surface area contributed by atoms with Crippen LogP contribution in [0.1, 0.15) is 19.8 Å². The van der Waals surface area contributed by atoms with Gasteiger partial charge < -0.3 is 15.8 Å². The fraction of sp³-hybridized carbons (Fsp3) is 0.467. The van der Waals surface area contributed by atoms with Crippen LogP contribution in [0.3, 0.4) is 0 Å². The Hall–Kier alpha value is -2.13. The molecule has 1 unspecified atom stereocenters. The summed E-state index contributed by atoms with van der Waals surface area (Å²) in [6.45, 7) is 1.76. The molecule has 2 amide bonds. The Bertz CT molecular complexity index is 747. The van der Waals surface area contributed by atoms with E-state index in [0.717, 1.165) is 0 Å². The van der Waals surface area contributed by atoms with E-state index in [-0.39, 0.29) is 23.1 Å². The third-order valence-corrected chi connectivity index (χ3v) is 5.77. The highest BCUT2D eigenvalue weighted by molar-refractivity contribution is 7.89. The number of primary amides is 1. The Morgan fingerprint density at radius 1 is 1.38 bits per heavy atom. The number of carbonyl (C=O) groups is 2. The lowest BCUT2D eigenvalue weighted by Crippen LogP contribution is -2.44. The quantitative estimate of drug-likeness (QED) is 0.799. The van der Waals surface area contributed by atoms with Crippen LogP contribution in [0.5, 0.6) is 5.75 Å². The minimum Gasteiger partial charge on any atom is -0.495 e. The highest BCUT2D eigenvalue weighted by atomic mass is 32.2. The van der Waals surface area contributed by atoms with Crippen LogP contribution in [0, 0.1) is 5.92 Å². The van der Waals surface area contributed by atoms with Crippen molar-refractivity contribution in [3.63, 3.8) is 0 Å². The number of carbonyl (C=O) groups excluding carboxylic acids is 2. The van der Waals surface area contributed by atoms with Crippen LogP contribution in [0.2, 0.25) is 0 Å². The minimum absolute atomic E-state index is 0.0403. The van der Waals surface area contributed by atoms with E-state index in [1.807, 2.05) is 0 Å². The van der Waals surface area contributed by atoms with E-state index in [1.165, 1.54) is 36.5 Å². The van der Waals surface area contributed by atoms with Gasteiger partial charge in [0.1, 0.15) is 5.75 Å². The van der Waals surface area contributed by atoms with Gasteiger partial charge in [-0.15, -0.1) is 0 Å². The molecule has 1 aromatic rings. The molecular formula is C15H21N3O5S. The maximum Gasteiger partial charge on any atom is 0.243 e. The number of nitrogens with zero attached hydrogens (tertiary/aromatic N) is 1. The molecule has 1 aliphatic rings. The molecule has 1 aliphatic heterocycles. The van der Waals surface area contributed by atoms with Crippen LogP contribution in [-0.2, 0) is 19.6 Å². The van der Waals surface area contributed by atoms with Gasteiger partial charge in [-0.25, -0.2) is 8.42 Å². The number of piperidine rings is 1. The maximum atomic E-state index is 12.8. The van der Waals surface area contributed by atoms with E-state index in [0.29, 0.717) is 25.1 Å². The first-order valence-corrected chi connectivity index (χ1v) is 8.95. The molecule has 0 aliphatic carbocycles. The smallest absolute Gasteiger partial charge is 0.243 e. The second kappa shape index (κ2) is 7.18. The fourth-order valence-corrected chi connectivity index (χ4v) is 4.21. The van der Waals surface area contributed by atoms with Crippen molar-refractivity contribution in [1.82, 2.24) is 4.31 Å². The van der Waals surface area contributed by atoms with Crippen LogP contribution in [0.15, 0.2) is 23.1 Å². The Balaban J connectivity index is 2.32. The van der Waals surface area contributed by atoms with Gasteiger partial charge in [-0.05, 0) is 25.0 Å². The molecule has 0 radical (unpaired) electrons. The summed E-state index contributed by atoms with van der Waals surface area (Å²) in [6, 6.07) is 4.23. The molecule has 132 valence electrons. The van der Waals surface area contributed by atoms with Crippen molar-refractivity contribution in [2.75, 3.05) is 25.5 Å². The van der Waals surface area contributed by atoms with Crippen molar-refractivity contribution in [2.24, 2.45) is 11.7 Å². The largest absolute Gasteiger partial charge is 0.495 e. The second-order valence-electron chi connectivity index (χ2n) is 5.65. The van der Waals surface area contributed by atoms with Crippen molar-refractivity contribution in [3.05, 3.63) is 18.2 Å². The van der Waals surface area contributed by atoms with E-state index >= 15 is 0 Å². The zero-order chi connectivity index (χ0) is 17.9. The number of hydrogen-bond acceptors (Lipinski definition) is 5. The Morgan fingerprint density at radius 3 is 2.67 bits per heavy atom. The van der Waals surface area contributed by atoms with E-state index in [4.69, 9.17) is 10.5 Å². The number of methoxy groups -OCH3 is 1. The lowest BCUT2D eigenvalue weighted by Gasteiger charge is -2.30. The first kappa shape index (κ1) is 18.2. The van der Waals surface area contributed by atoms with Gasteiger partial charge in [-0.2, -0.15) is 4.31 Å². The maximum absolute atomic E-state index is 12.8. The average molecular weight is 355 g/mol. The lowest BCUT2D eigenvalue weighted by molar-refractivity contribution is -0.122. The van der Waals surface area contributed by atoms with Crippen LogP contribution >= 0.6 is 0 Å². The van der Waals surface area contributed by atoms with Crippen molar-refractivity contribution in [3.8, 4) is 5.75 Å². The molecule has 8 nitrogen and oxygen atoms in total. The summed E-state index contributed by atoms with van der Waals surface area (Å²) in [6.07, 6.45) is 1.17. The van der Waals surface area contributed by atoms with E-state index in [2.05, 4.69) is 5.32 Å². The number of benzene rings is 1. The SMILES string of the molecule is COc1cc(S(=O)(=O)N2CCCC(C(N)=O)C2)ccc1NC(C)=O. The topological polar surface area (TPSA) is 119 Å². The minimum atomic E-state index is -3.77.